The van der Waals surface area contributed by atoms with E-state index in [1.807, 2.05) is 0 Å². The highest BCUT2D eigenvalue weighted by atomic mass is 16.4. The number of benzene rings is 2. The van der Waals surface area contributed by atoms with Crippen molar-refractivity contribution in [1.29, 1.82) is 0 Å². The minimum atomic E-state index is -1.01. The summed E-state index contributed by atoms with van der Waals surface area (Å²) in [6.45, 7) is 14.2. The maximum Gasteiger partial charge on any atom is 0.137 e. The van der Waals surface area contributed by atoms with Crippen LogP contribution in [0.4, 0.5) is 4.79 Å². The fraction of sp³-hybridized carbons (Fsp3) is 0.567. The zero-order valence-electron chi connectivity index (χ0n) is 21.4. The molecule has 0 unspecified atom stereocenters. The third-order valence-electron chi connectivity index (χ3n) is 8.54. The Morgan fingerprint density at radius 2 is 1.82 bits per heavy atom. The van der Waals surface area contributed by atoms with Crippen molar-refractivity contribution in [2.45, 2.75) is 72.4 Å². The van der Waals surface area contributed by atoms with Crippen LogP contribution >= 0.6 is 0 Å². The fourth-order valence-electron chi connectivity index (χ4n) is 7.00. The Morgan fingerprint density at radius 3 is 2.38 bits per heavy atom. The Balaban J connectivity index is 1.50. The molecule has 3 aliphatic heterocycles. The van der Waals surface area contributed by atoms with Crippen molar-refractivity contribution in [2.75, 3.05) is 19.6 Å². The second-order valence-corrected chi connectivity index (χ2v) is 12.1. The van der Waals surface area contributed by atoms with Gasteiger partial charge in [0.15, 0.2) is 0 Å². The molecule has 6 rings (SSSR count). The van der Waals surface area contributed by atoms with Gasteiger partial charge in [-0.2, -0.15) is 0 Å². The second-order valence-electron chi connectivity index (χ2n) is 12.1. The molecular weight excluding hydrogens is 420 g/mol. The third-order valence-corrected chi connectivity index (χ3v) is 8.54. The van der Waals surface area contributed by atoms with Crippen LogP contribution in [-0.2, 0) is 12.8 Å². The Labute approximate surface area is 205 Å². The fourth-order valence-corrected chi connectivity index (χ4v) is 7.00. The van der Waals surface area contributed by atoms with Crippen molar-refractivity contribution in [3.05, 3.63) is 58.7 Å². The Kier molecular flexibility index (Phi) is 6.00. The Bertz CT molecular complexity index is 1060. The standard InChI is InChI=1S/C30H40N2O2/c1-19(2)14-21-6-8-22(9-7-21)25-16-24-17-30(4,5)28(26(24)15-20(25)3)32(29(33)34)27-18-31-12-10-23(27)11-13-31/h6-9,15-16,19,23,27-28H,10-14,17-18H2,1-5H3,(H,33,34)/p-1/t27-,28+/m1/s1. The van der Waals surface area contributed by atoms with Gasteiger partial charge in [0, 0.05) is 12.6 Å². The van der Waals surface area contributed by atoms with E-state index >= 15 is 0 Å². The predicted molar refractivity (Wildman–Crippen MR) is 136 cm³/mol. The molecule has 0 radical (unpaired) electrons. The van der Waals surface area contributed by atoms with Crippen molar-refractivity contribution in [3.63, 3.8) is 0 Å². The van der Waals surface area contributed by atoms with Crippen molar-refractivity contribution >= 4 is 6.09 Å². The number of carbonyl (C=O) groups excluding carboxylic acids is 1. The van der Waals surface area contributed by atoms with Crippen molar-refractivity contribution in [1.82, 2.24) is 9.80 Å². The van der Waals surface area contributed by atoms with Crippen molar-refractivity contribution in [3.8, 4) is 11.1 Å². The number of hydrogen-bond donors (Lipinski definition) is 0. The molecule has 2 bridgehead atoms. The van der Waals surface area contributed by atoms with Gasteiger partial charge in [0.1, 0.15) is 6.09 Å². The molecule has 0 aromatic heterocycles. The highest BCUT2D eigenvalue weighted by molar-refractivity contribution is 5.71. The molecule has 3 saturated heterocycles. The Morgan fingerprint density at radius 1 is 1.15 bits per heavy atom. The summed E-state index contributed by atoms with van der Waals surface area (Å²) in [5, 5.41) is 12.6. The first-order valence-electron chi connectivity index (χ1n) is 13.1. The van der Waals surface area contributed by atoms with Crippen LogP contribution in [0.3, 0.4) is 0 Å². The average molecular weight is 460 g/mol. The number of nitrogens with zero attached hydrogens (tertiary/aromatic N) is 2. The van der Waals surface area contributed by atoms with E-state index < -0.39 is 6.09 Å². The smallest absolute Gasteiger partial charge is 0.137 e. The minimum Gasteiger partial charge on any atom is -0.530 e. The van der Waals surface area contributed by atoms with Crippen LogP contribution in [0.5, 0.6) is 0 Å². The molecule has 4 aliphatic rings. The van der Waals surface area contributed by atoms with E-state index in [0.29, 0.717) is 11.8 Å². The maximum atomic E-state index is 12.6. The van der Waals surface area contributed by atoms with Crippen molar-refractivity contribution in [2.24, 2.45) is 17.3 Å². The molecule has 2 aromatic carbocycles. The topological polar surface area (TPSA) is 46.6 Å². The molecule has 0 N–H and O–H groups in total. The highest BCUT2D eigenvalue weighted by Crippen LogP contribution is 2.52. The van der Waals surface area contributed by atoms with Gasteiger partial charge in [-0.15, -0.1) is 0 Å². The zero-order chi connectivity index (χ0) is 24.2. The number of piperidine rings is 3. The van der Waals surface area contributed by atoms with Crippen LogP contribution in [-0.4, -0.2) is 41.6 Å². The monoisotopic (exact) mass is 459 g/mol. The SMILES string of the molecule is Cc1cc2c(cc1-c1ccc(CC(C)C)cc1)CC(C)(C)[C@H]2N(C(=O)[O-])[C@@H]1CN2CCC1CC2. The van der Waals surface area contributed by atoms with Crippen LogP contribution in [0.25, 0.3) is 11.1 Å². The summed E-state index contributed by atoms with van der Waals surface area (Å²) in [7, 11) is 0. The van der Waals surface area contributed by atoms with E-state index in [1.165, 1.54) is 33.4 Å². The van der Waals surface area contributed by atoms with E-state index in [-0.39, 0.29) is 17.5 Å². The van der Waals surface area contributed by atoms with E-state index in [9.17, 15) is 9.90 Å². The summed E-state index contributed by atoms with van der Waals surface area (Å²) in [4.78, 5) is 16.8. The zero-order valence-corrected chi connectivity index (χ0v) is 21.4. The number of fused-ring (bicyclic) bond motifs is 4. The number of carboxylic acid groups (broad SMARTS) is 1. The first-order valence-corrected chi connectivity index (χ1v) is 13.1. The number of aryl methyl sites for hydroxylation is 1. The van der Waals surface area contributed by atoms with Gasteiger partial charge in [-0.1, -0.05) is 64.1 Å². The molecule has 182 valence electrons. The summed E-state index contributed by atoms with van der Waals surface area (Å²) < 4.78 is 0. The first-order chi connectivity index (χ1) is 16.1. The molecule has 34 heavy (non-hydrogen) atoms. The van der Waals surface area contributed by atoms with E-state index in [4.69, 9.17) is 0 Å². The quantitative estimate of drug-likeness (QED) is 0.616. The molecule has 0 spiro atoms. The largest absolute Gasteiger partial charge is 0.530 e. The molecule has 1 amide bonds. The summed E-state index contributed by atoms with van der Waals surface area (Å²) in [6.07, 6.45) is 3.17. The van der Waals surface area contributed by atoms with Gasteiger partial charge in [0.2, 0.25) is 0 Å². The molecule has 0 saturated carbocycles. The van der Waals surface area contributed by atoms with Crippen LogP contribution in [0.1, 0.15) is 68.8 Å². The predicted octanol–water partition coefficient (Wildman–Crippen LogP) is 5.22. The molecule has 4 nitrogen and oxygen atoms in total. The molecule has 3 fully saturated rings. The lowest BCUT2D eigenvalue weighted by Gasteiger charge is -2.53. The Hall–Kier alpha value is -2.33. The second kappa shape index (κ2) is 8.71. The van der Waals surface area contributed by atoms with Gasteiger partial charge in [-0.05, 0) is 96.3 Å². The van der Waals surface area contributed by atoms with Crippen molar-refractivity contribution < 1.29 is 9.90 Å². The molecule has 4 heteroatoms. The molecule has 2 atom stereocenters. The van der Waals surface area contributed by atoms with Gasteiger partial charge < -0.3 is 19.7 Å². The molecular formula is C30H39N2O2-. The van der Waals surface area contributed by atoms with E-state index in [1.54, 1.807) is 4.90 Å². The minimum absolute atomic E-state index is 0.0382. The van der Waals surface area contributed by atoms with E-state index in [2.05, 4.69) is 75.9 Å². The summed E-state index contributed by atoms with van der Waals surface area (Å²) in [5.74, 6) is 1.10. The molecule has 1 aliphatic carbocycles. The summed E-state index contributed by atoms with van der Waals surface area (Å²) in [6, 6.07) is 13.5. The number of hydrogen-bond acceptors (Lipinski definition) is 3. The van der Waals surface area contributed by atoms with Gasteiger partial charge in [0.05, 0.1) is 6.04 Å². The highest BCUT2D eigenvalue weighted by Gasteiger charge is 2.48. The summed E-state index contributed by atoms with van der Waals surface area (Å²) >= 11 is 0. The van der Waals surface area contributed by atoms with Gasteiger partial charge in [-0.25, -0.2) is 0 Å². The molecule has 3 heterocycles. The average Bonchev–Trinajstić information content (AvgIpc) is 3.03. The summed E-state index contributed by atoms with van der Waals surface area (Å²) in [5.41, 5.74) is 7.39. The van der Waals surface area contributed by atoms with Gasteiger partial charge in [0.25, 0.3) is 0 Å². The lowest BCUT2D eigenvalue weighted by atomic mass is 9.79. The van der Waals surface area contributed by atoms with Crippen LogP contribution in [0.15, 0.2) is 36.4 Å². The normalized spacial score (nSPS) is 27.1. The molecule has 2 aromatic rings. The van der Waals surface area contributed by atoms with Gasteiger partial charge in [-0.3, -0.25) is 0 Å². The van der Waals surface area contributed by atoms with Gasteiger partial charge >= 0.3 is 0 Å². The lowest BCUT2D eigenvalue weighted by molar-refractivity contribution is -0.276. The van der Waals surface area contributed by atoms with Crippen LogP contribution in [0.2, 0.25) is 0 Å². The number of carbonyl (C=O) groups is 1. The first kappa shape index (κ1) is 23.4. The third kappa shape index (κ3) is 4.15. The number of rotatable bonds is 5. The lowest BCUT2D eigenvalue weighted by Crippen LogP contribution is -2.62. The number of amides is 1. The van der Waals surface area contributed by atoms with E-state index in [0.717, 1.165) is 45.3 Å². The van der Waals surface area contributed by atoms with Crippen LogP contribution in [0, 0.1) is 24.2 Å². The van der Waals surface area contributed by atoms with Crippen LogP contribution < -0.4 is 5.11 Å². The maximum absolute atomic E-state index is 12.6.